The van der Waals surface area contributed by atoms with Crippen LogP contribution in [-0.4, -0.2) is 51.4 Å². The van der Waals surface area contributed by atoms with Gasteiger partial charge in [-0.1, -0.05) is 24.3 Å². The number of nitrogens with zero attached hydrogens (tertiary/aromatic N) is 5. The van der Waals surface area contributed by atoms with Gasteiger partial charge in [0.05, 0.1) is 31.8 Å². The minimum atomic E-state index is -0.183. The number of aliphatic hydroxyl groups is 1. The molecule has 0 saturated heterocycles. The lowest BCUT2D eigenvalue weighted by atomic mass is 9.91. The molecule has 0 unspecified atom stereocenters. The highest BCUT2D eigenvalue weighted by molar-refractivity contribution is 5.85. The largest absolute Gasteiger partial charge is 0.439 e. The Bertz CT molecular complexity index is 1840. The van der Waals surface area contributed by atoms with E-state index in [0.29, 0.717) is 53.6 Å². The fraction of sp³-hybridized carbons (Fsp3) is 0.250. The lowest BCUT2D eigenvalue weighted by Gasteiger charge is -2.18. The summed E-state index contributed by atoms with van der Waals surface area (Å²) in [4.78, 5) is 25.5. The molecule has 1 aliphatic heterocycles. The normalized spacial score (nSPS) is 12.8. The molecule has 5 aromatic rings. The van der Waals surface area contributed by atoms with Crippen LogP contribution in [-0.2, 0) is 24.5 Å². The lowest BCUT2D eigenvalue weighted by molar-refractivity contribution is -0.132. The Labute approximate surface area is 237 Å². The molecule has 3 aromatic carbocycles. The van der Waals surface area contributed by atoms with Crippen LogP contribution < -0.4 is 0 Å². The van der Waals surface area contributed by atoms with E-state index in [4.69, 9.17) is 13.8 Å². The summed E-state index contributed by atoms with van der Waals surface area (Å²) in [5.41, 5.74) is 8.43. The SMILES string of the molecule is Cc1c(-c2nc3c(o2)CN(C(=O)CN(C)C)C3)cccc1-c1cccc(-c2nc3cc(CO)cc(C#N)c3o2)c1C. The van der Waals surface area contributed by atoms with Gasteiger partial charge >= 0.3 is 0 Å². The smallest absolute Gasteiger partial charge is 0.237 e. The summed E-state index contributed by atoms with van der Waals surface area (Å²) in [6.45, 7) is 5.11. The van der Waals surface area contributed by atoms with Crippen LogP contribution in [0.3, 0.4) is 0 Å². The van der Waals surface area contributed by atoms with Crippen molar-refractivity contribution >= 4 is 17.0 Å². The molecule has 2 aromatic heterocycles. The minimum Gasteiger partial charge on any atom is -0.439 e. The Hall–Kier alpha value is -4.78. The van der Waals surface area contributed by atoms with E-state index in [-0.39, 0.29) is 12.5 Å². The number of hydrogen-bond acceptors (Lipinski definition) is 8. The summed E-state index contributed by atoms with van der Waals surface area (Å²) in [6.07, 6.45) is 0. The average Bonchev–Trinajstić information content (AvgIpc) is 3.66. The first-order valence-corrected chi connectivity index (χ1v) is 13.3. The number of benzene rings is 3. The number of carbonyl (C=O) groups is 1. The highest BCUT2D eigenvalue weighted by atomic mass is 16.4. The molecule has 6 rings (SSSR count). The third-order valence-electron chi connectivity index (χ3n) is 7.53. The molecule has 1 N–H and O–H groups in total. The number of amides is 1. The maximum absolute atomic E-state index is 12.5. The monoisotopic (exact) mass is 547 g/mol. The molecule has 41 heavy (non-hydrogen) atoms. The van der Waals surface area contributed by atoms with Crippen LogP contribution in [0.15, 0.2) is 57.4 Å². The fourth-order valence-corrected chi connectivity index (χ4v) is 5.40. The van der Waals surface area contributed by atoms with Gasteiger partial charge in [0.25, 0.3) is 0 Å². The van der Waals surface area contributed by atoms with Crippen molar-refractivity contribution in [2.75, 3.05) is 20.6 Å². The standard InChI is InChI=1S/C32H29N5O4/c1-18-22(7-5-9-24(18)31-35-27-14-37(15-28(27)40-31)29(39)16-36(3)4)23-8-6-10-25(19(23)2)32-34-26-12-20(17-38)11-21(13-33)30(26)41-32/h5-12,38H,14-17H2,1-4H3. The molecular weight excluding hydrogens is 518 g/mol. The van der Waals surface area contributed by atoms with Crippen LogP contribution in [0.4, 0.5) is 0 Å². The Kier molecular flexibility index (Phi) is 6.66. The van der Waals surface area contributed by atoms with Gasteiger partial charge < -0.3 is 23.7 Å². The third-order valence-corrected chi connectivity index (χ3v) is 7.53. The van der Waals surface area contributed by atoms with Gasteiger partial charge in [0.2, 0.25) is 17.7 Å². The highest BCUT2D eigenvalue weighted by Gasteiger charge is 2.29. The molecule has 1 aliphatic rings. The molecule has 0 saturated carbocycles. The van der Waals surface area contributed by atoms with Gasteiger partial charge in [-0.05, 0) is 80.0 Å². The summed E-state index contributed by atoms with van der Waals surface area (Å²) in [6, 6.07) is 17.5. The van der Waals surface area contributed by atoms with E-state index in [1.54, 1.807) is 17.0 Å². The van der Waals surface area contributed by atoms with Crippen LogP contribution in [0.5, 0.6) is 0 Å². The molecule has 206 valence electrons. The topological polar surface area (TPSA) is 120 Å². The van der Waals surface area contributed by atoms with E-state index < -0.39 is 0 Å². The number of nitriles is 1. The average molecular weight is 548 g/mol. The molecule has 0 fully saturated rings. The molecule has 0 radical (unpaired) electrons. The summed E-state index contributed by atoms with van der Waals surface area (Å²) >= 11 is 0. The quantitative estimate of drug-likeness (QED) is 0.308. The number of oxazole rings is 2. The Morgan fingerprint density at radius 2 is 1.61 bits per heavy atom. The van der Waals surface area contributed by atoms with Gasteiger partial charge in [0.15, 0.2) is 5.58 Å². The Morgan fingerprint density at radius 3 is 2.20 bits per heavy atom. The Morgan fingerprint density at radius 1 is 0.976 bits per heavy atom. The molecule has 0 aliphatic carbocycles. The van der Waals surface area contributed by atoms with E-state index in [1.807, 2.05) is 57.1 Å². The van der Waals surface area contributed by atoms with Gasteiger partial charge in [-0.2, -0.15) is 5.26 Å². The number of rotatable bonds is 6. The molecule has 0 spiro atoms. The highest BCUT2D eigenvalue weighted by Crippen LogP contribution is 2.38. The van der Waals surface area contributed by atoms with E-state index in [9.17, 15) is 15.2 Å². The van der Waals surface area contributed by atoms with Crippen molar-refractivity contribution in [2.24, 2.45) is 0 Å². The number of aliphatic hydroxyl groups excluding tert-OH is 1. The van der Waals surface area contributed by atoms with Crippen molar-refractivity contribution in [3.63, 3.8) is 0 Å². The second-order valence-corrected chi connectivity index (χ2v) is 10.6. The van der Waals surface area contributed by atoms with Gasteiger partial charge in [-0.3, -0.25) is 4.79 Å². The molecule has 0 bridgehead atoms. The molecule has 9 nitrogen and oxygen atoms in total. The Balaban J connectivity index is 1.34. The minimum absolute atomic E-state index is 0.0508. The number of fused-ring (bicyclic) bond motifs is 2. The maximum Gasteiger partial charge on any atom is 0.237 e. The van der Waals surface area contributed by atoms with Crippen LogP contribution in [0.1, 0.15) is 33.7 Å². The zero-order chi connectivity index (χ0) is 28.8. The van der Waals surface area contributed by atoms with Crippen molar-refractivity contribution < 1.29 is 18.7 Å². The molecular formula is C32H29N5O4. The van der Waals surface area contributed by atoms with Crippen molar-refractivity contribution in [3.8, 4) is 40.1 Å². The van der Waals surface area contributed by atoms with Crippen molar-refractivity contribution in [3.05, 3.63) is 82.2 Å². The number of aromatic nitrogens is 2. The maximum atomic E-state index is 12.5. The first kappa shape index (κ1) is 26.4. The molecule has 1 amide bonds. The summed E-state index contributed by atoms with van der Waals surface area (Å²) in [5.74, 6) is 1.74. The van der Waals surface area contributed by atoms with Gasteiger partial charge in [-0.15, -0.1) is 0 Å². The third kappa shape index (κ3) is 4.67. The van der Waals surface area contributed by atoms with Crippen LogP contribution in [0.25, 0.3) is 45.1 Å². The van der Waals surface area contributed by atoms with E-state index in [1.165, 1.54) is 0 Å². The molecule has 9 heteroatoms. The predicted octanol–water partition coefficient (Wildman–Crippen LogP) is 5.20. The number of likely N-dealkylation sites (N-methyl/N-ethyl adjacent to an activating group) is 1. The van der Waals surface area contributed by atoms with E-state index in [0.717, 1.165) is 44.8 Å². The fourth-order valence-electron chi connectivity index (χ4n) is 5.40. The first-order valence-electron chi connectivity index (χ1n) is 13.3. The lowest BCUT2D eigenvalue weighted by Crippen LogP contribution is -2.34. The summed E-state index contributed by atoms with van der Waals surface area (Å²) in [5, 5.41) is 19.2. The van der Waals surface area contributed by atoms with Crippen LogP contribution >= 0.6 is 0 Å². The second kappa shape index (κ2) is 10.3. The van der Waals surface area contributed by atoms with E-state index >= 15 is 0 Å². The van der Waals surface area contributed by atoms with Crippen LogP contribution in [0, 0.1) is 25.2 Å². The predicted molar refractivity (Wildman–Crippen MR) is 153 cm³/mol. The van der Waals surface area contributed by atoms with Gasteiger partial charge in [0.1, 0.15) is 23.0 Å². The summed E-state index contributed by atoms with van der Waals surface area (Å²) < 4.78 is 12.3. The second-order valence-electron chi connectivity index (χ2n) is 10.6. The van der Waals surface area contributed by atoms with Crippen LogP contribution in [0.2, 0.25) is 0 Å². The van der Waals surface area contributed by atoms with Gasteiger partial charge in [0, 0.05) is 11.1 Å². The number of carbonyl (C=O) groups excluding carboxylic acids is 1. The van der Waals surface area contributed by atoms with E-state index in [2.05, 4.69) is 23.2 Å². The van der Waals surface area contributed by atoms with Gasteiger partial charge in [-0.25, -0.2) is 9.97 Å². The zero-order valence-electron chi connectivity index (χ0n) is 23.4. The van der Waals surface area contributed by atoms with Crippen molar-refractivity contribution in [2.45, 2.75) is 33.5 Å². The molecule has 3 heterocycles. The molecule has 0 atom stereocenters. The summed E-state index contributed by atoms with van der Waals surface area (Å²) in [7, 11) is 3.75. The first-order chi connectivity index (χ1) is 19.8. The number of hydrogen-bond donors (Lipinski definition) is 1. The van der Waals surface area contributed by atoms with Crippen molar-refractivity contribution in [1.82, 2.24) is 19.8 Å². The zero-order valence-corrected chi connectivity index (χ0v) is 23.4. The van der Waals surface area contributed by atoms with Crippen molar-refractivity contribution in [1.29, 1.82) is 5.26 Å².